The molecular formula is C41H54ClN3O6. The number of aromatic hydroxyl groups is 1. The molecule has 0 aliphatic carbocycles. The van der Waals surface area contributed by atoms with Gasteiger partial charge < -0.3 is 25.2 Å². The van der Waals surface area contributed by atoms with Crippen molar-refractivity contribution in [3.8, 4) is 23.0 Å². The maximum Gasteiger partial charge on any atom is 0.270 e. The van der Waals surface area contributed by atoms with Crippen LogP contribution in [0.4, 0.5) is 11.4 Å². The Kier molecular flexibility index (Phi) is 17.5. The number of fused-ring (bicyclic) bond motifs is 1. The molecule has 4 aromatic carbocycles. The molecule has 10 heteroatoms. The zero-order valence-electron chi connectivity index (χ0n) is 30.2. The zero-order valence-corrected chi connectivity index (χ0v) is 31.1. The summed E-state index contributed by atoms with van der Waals surface area (Å²) in [5.74, 6) is 0.603. The third kappa shape index (κ3) is 12.7. The summed E-state index contributed by atoms with van der Waals surface area (Å²) in [6.07, 6.45) is 15.2. The lowest BCUT2D eigenvalue weighted by atomic mass is 10.0. The van der Waals surface area contributed by atoms with Gasteiger partial charge in [-0.25, -0.2) is 0 Å². The number of phenolic OH excluding ortho intramolecular Hbond substituents is 1. The van der Waals surface area contributed by atoms with E-state index in [0.717, 1.165) is 12.8 Å². The lowest BCUT2D eigenvalue weighted by Crippen LogP contribution is -2.22. The Hall–Kier alpha value is -4.34. The Labute approximate surface area is 308 Å². The van der Waals surface area contributed by atoms with Gasteiger partial charge >= 0.3 is 0 Å². The fourth-order valence-electron chi connectivity index (χ4n) is 5.94. The molecule has 9 nitrogen and oxygen atoms in total. The van der Waals surface area contributed by atoms with E-state index in [1.807, 2.05) is 38.1 Å². The molecule has 0 aliphatic rings. The topological polar surface area (TPSA) is 123 Å². The monoisotopic (exact) mass is 719 g/mol. The van der Waals surface area contributed by atoms with E-state index in [4.69, 9.17) is 9.47 Å². The number of halogens is 1. The van der Waals surface area contributed by atoms with E-state index in [-0.39, 0.29) is 35.4 Å². The van der Waals surface area contributed by atoms with Gasteiger partial charge in [-0.2, -0.15) is 0 Å². The van der Waals surface area contributed by atoms with Crippen molar-refractivity contribution in [1.82, 2.24) is 5.32 Å². The molecule has 3 N–H and O–H groups in total. The molecule has 0 saturated carbocycles. The van der Waals surface area contributed by atoms with Crippen molar-refractivity contribution in [3.05, 3.63) is 94.0 Å². The van der Waals surface area contributed by atoms with Gasteiger partial charge in [0.25, 0.3) is 11.6 Å². The van der Waals surface area contributed by atoms with Crippen LogP contribution in [-0.4, -0.2) is 28.6 Å². The van der Waals surface area contributed by atoms with Gasteiger partial charge in [-0.05, 0) is 30.7 Å². The predicted molar refractivity (Wildman–Crippen MR) is 209 cm³/mol. The minimum absolute atomic E-state index is 0. The Bertz CT molecular complexity index is 1700. The number of nitro groups is 1. The van der Waals surface area contributed by atoms with Crippen LogP contribution in [0.15, 0.2) is 72.8 Å². The van der Waals surface area contributed by atoms with E-state index in [1.165, 1.54) is 82.4 Å². The molecule has 0 spiro atoms. The minimum Gasteiger partial charge on any atom is -0.506 e. The van der Waals surface area contributed by atoms with Crippen molar-refractivity contribution in [2.24, 2.45) is 0 Å². The molecule has 276 valence electrons. The SMILES string of the molecule is CCCCCCCCCCCCCCOc1ccccc1NC(=O)c1cc(Oc2ccc([N+](=O)[O-])cc2CNC(C)C)c2ccccc2c1O.Cl. The lowest BCUT2D eigenvalue weighted by Gasteiger charge is -2.17. The number of ether oxygens (including phenoxy) is 2. The third-order valence-corrected chi connectivity index (χ3v) is 8.79. The average Bonchev–Trinajstić information content (AvgIpc) is 3.11. The van der Waals surface area contributed by atoms with Crippen LogP contribution in [0, 0.1) is 10.1 Å². The Morgan fingerprint density at radius 2 is 1.39 bits per heavy atom. The molecule has 0 unspecified atom stereocenters. The van der Waals surface area contributed by atoms with Crippen LogP contribution in [0.1, 0.15) is 114 Å². The maximum absolute atomic E-state index is 13.7. The number of amides is 1. The summed E-state index contributed by atoms with van der Waals surface area (Å²) in [6.45, 7) is 7.11. The number of para-hydroxylation sites is 2. The summed E-state index contributed by atoms with van der Waals surface area (Å²) in [7, 11) is 0. The van der Waals surface area contributed by atoms with E-state index in [1.54, 1.807) is 30.3 Å². The number of benzene rings is 4. The highest BCUT2D eigenvalue weighted by Gasteiger charge is 2.21. The second kappa shape index (κ2) is 21.8. The first-order chi connectivity index (χ1) is 24.3. The lowest BCUT2D eigenvalue weighted by molar-refractivity contribution is -0.384. The van der Waals surface area contributed by atoms with E-state index in [9.17, 15) is 20.0 Å². The molecule has 0 bridgehead atoms. The fourth-order valence-corrected chi connectivity index (χ4v) is 5.94. The van der Waals surface area contributed by atoms with Crippen molar-refractivity contribution in [1.29, 1.82) is 0 Å². The molecule has 0 fully saturated rings. The molecule has 1 amide bonds. The second-order valence-corrected chi connectivity index (χ2v) is 13.2. The quantitative estimate of drug-likeness (QED) is 0.0419. The van der Waals surface area contributed by atoms with Gasteiger partial charge in [-0.15, -0.1) is 12.4 Å². The normalized spacial score (nSPS) is 11.0. The molecule has 0 radical (unpaired) electrons. The number of carbonyl (C=O) groups excluding carboxylic acids is 1. The van der Waals surface area contributed by atoms with Crippen LogP contribution < -0.4 is 20.1 Å². The number of hydrogen-bond donors (Lipinski definition) is 3. The van der Waals surface area contributed by atoms with E-state index >= 15 is 0 Å². The van der Waals surface area contributed by atoms with Crippen LogP contribution in [0.3, 0.4) is 0 Å². The summed E-state index contributed by atoms with van der Waals surface area (Å²) in [4.78, 5) is 24.8. The number of nitrogens with one attached hydrogen (secondary N) is 2. The maximum atomic E-state index is 13.7. The Morgan fingerprint density at radius 1 is 0.784 bits per heavy atom. The molecule has 4 aromatic rings. The summed E-state index contributed by atoms with van der Waals surface area (Å²) in [5, 5.41) is 30.0. The number of non-ortho nitro benzene ring substituents is 1. The van der Waals surface area contributed by atoms with Crippen molar-refractivity contribution in [2.45, 2.75) is 110 Å². The zero-order chi connectivity index (χ0) is 35.7. The molecular weight excluding hydrogens is 666 g/mol. The van der Waals surface area contributed by atoms with E-state index < -0.39 is 10.8 Å². The number of carbonyl (C=O) groups is 1. The summed E-state index contributed by atoms with van der Waals surface area (Å²) in [5.41, 5.74) is 1.07. The van der Waals surface area contributed by atoms with Crippen LogP contribution >= 0.6 is 12.4 Å². The molecule has 0 atom stereocenters. The number of nitrogens with zero attached hydrogens (tertiary/aromatic N) is 1. The number of hydrogen-bond acceptors (Lipinski definition) is 7. The predicted octanol–water partition coefficient (Wildman–Crippen LogP) is 11.5. The van der Waals surface area contributed by atoms with Crippen molar-refractivity contribution >= 4 is 40.5 Å². The van der Waals surface area contributed by atoms with Crippen molar-refractivity contribution < 1.29 is 24.3 Å². The number of rotatable bonds is 22. The van der Waals surface area contributed by atoms with Gasteiger partial charge in [0.05, 0.1) is 22.8 Å². The number of phenols is 1. The van der Waals surface area contributed by atoms with Crippen LogP contribution in [0.5, 0.6) is 23.0 Å². The highest BCUT2D eigenvalue weighted by Crippen LogP contribution is 2.40. The highest BCUT2D eigenvalue weighted by molar-refractivity contribution is 6.11. The number of nitro benzene ring substituents is 1. The van der Waals surface area contributed by atoms with E-state index in [0.29, 0.717) is 52.4 Å². The van der Waals surface area contributed by atoms with Gasteiger partial charge in [0.15, 0.2) is 0 Å². The van der Waals surface area contributed by atoms with Gasteiger partial charge in [-0.3, -0.25) is 14.9 Å². The fraction of sp³-hybridized carbons (Fsp3) is 0.439. The van der Waals surface area contributed by atoms with Crippen LogP contribution in [0.25, 0.3) is 10.8 Å². The first-order valence-corrected chi connectivity index (χ1v) is 18.2. The molecule has 0 aromatic heterocycles. The minimum atomic E-state index is -0.523. The summed E-state index contributed by atoms with van der Waals surface area (Å²) in [6, 6.07) is 20.5. The highest BCUT2D eigenvalue weighted by atomic mass is 35.5. The molecule has 0 saturated heterocycles. The van der Waals surface area contributed by atoms with Crippen molar-refractivity contribution in [3.63, 3.8) is 0 Å². The van der Waals surface area contributed by atoms with Crippen LogP contribution in [-0.2, 0) is 6.54 Å². The standard InChI is InChI=1S/C41H53N3O6.ClH/c1-4-5-6-7-8-9-10-11-12-13-14-19-26-49-38-23-18-17-22-36(38)43-41(46)35-28-39(33-20-15-16-21-34(33)40(35)45)50-37-25-24-32(44(47)48)27-31(37)29-42-30(2)3;/h15-18,20-25,27-28,30,42,45H,4-14,19,26,29H2,1-3H3,(H,43,46);1H. The first kappa shape index (κ1) is 41.1. The van der Waals surface area contributed by atoms with Gasteiger partial charge in [0.2, 0.25) is 0 Å². The van der Waals surface area contributed by atoms with Gasteiger partial charge in [0, 0.05) is 41.1 Å². The molecule has 0 aliphatic heterocycles. The number of unbranched alkanes of at least 4 members (excludes halogenated alkanes) is 11. The molecule has 0 heterocycles. The van der Waals surface area contributed by atoms with Gasteiger partial charge in [-0.1, -0.05) is 128 Å². The Morgan fingerprint density at radius 3 is 2.04 bits per heavy atom. The second-order valence-electron chi connectivity index (χ2n) is 13.2. The first-order valence-electron chi connectivity index (χ1n) is 18.2. The largest absolute Gasteiger partial charge is 0.506 e. The molecule has 4 rings (SSSR count). The third-order valence-electron chi connectivity index (χ3n) is 8.79. The molecule has 51 heavy (non-hydrogen) atoms. The van der Waals surface area contributed by atoms with Gasteiger partial charge in [0.1, 0.15) is 23.0 Å². The van der Waals surface area contributed by atoms with Crippen molar-refractivity contribution in [2.75, 3.05) is 11.9 Å². The van der Waals surface area contributed by atoms with Crippen LogP contribution in [0.2, 0.25) is 0 Å². The van der Waals surface area contributed by atoms with E-state index in [2.05, 4.69) is 17.6 Å². The average molecular weight is 720 g/mol. The smallest absolute Gasteiger partial charge is 0.270 e. The Balaban J connectivity index is 0.00000702. The number of anilines is 1. The summed E-state index contributed by atoms with van der Waals surface area (Å²) >= 11 is 0. The summed E-state index contributed by atoms with van der Waals surface area (Å²) < 4.78 is 12.5.